The lowest BCUT2D eigenvalue weighted by atomic mass is 10.1. The molecule has 1 aromatic carbocycles. The topological polar surface area (TPSA) is 4.93 Å². The number of hydrogen-bond donors (Lipinski definition) is 0. The number of aryl methyl sites for hydroxylation is 2. The molecule has 0 aliphatic carbocycles. The van der Waals surface area contributed by atoms with Crippen LogP contribution in [0, 0.1) is 10.5 Å². The van der Waals surface area contributed by atoms with Gasteiger partial charge in [-0.2, -0.15) is 0 Å². The highest BCUT2D eigenvalue weighted by atomic mass is 127. The summed E-state index contributed by atoms with van der Waals surface area (Å²) in [4.78, 5) is 0. The van der Waals surface area contributed by atoms with E-state index in [9.17, 15) is 0 Å². The normalized spacial score (nSPS) is 11.3. The molecule has 1 heterocycles. The van der Waals surface area contributed by atoms with Gasteiger partial charge in [0, 0.05) is 27.2 Å². The van der Waals surface area contributed by atoms with Gasteiger partial charge in [-0.3, -0.25) is 0 Å². The molecule has 18 heavy (non-hydrogen) atoms. The lowest BCUT2D eigenvalue weighted by molar-refractivity contribution is 0.649. The van der Waals surface area contributed by atoms with Crippen molar-refractivity contribution < 1.29 is 0 Å². The number of hydrogen-bond acceptors (Lipinski definition) is 0. The molecule has 2 heteroatoms. The summed E-state index contributed by atoms with van der Waals surface area (Å²) in [7, 11) is 2.20. The third-order valence-corrected chi connectivity index (χ3v) is 4.88. The Balaban J connectivity index is 2.27. The molecule has 0 fully saturated rings. The molecule has 1 aromatic heterocycles. The van der Waals surface area contributed by atoms with Crippen LogP contribution in [0.4, 0.5) is 0 Å². The minimum absolute atomic E-state index is 1.21. The second kappa shape index (κ2) is 6.09. The number of benzene rings is 1. The van der Waals surface area contributed by atoms with Crippen molar-refractivity contribution in [3.05, 3.63) is 33.0 Å². The van der Waals surface area contributed by atoms with Crippen molar-refractivity contribution in [3.63, 3.8) is 0 Å². The van der Waals surface area contributed by atoms with Crippen molar-refractivity contribution in [2.24, 2.45) is 7.05 Å². The van der Waals surface area contributed by atoms with Gasteiger partial charge in [-0.1, -0.05) is 37.8 Å². The quantitative estimate of drug-likeness (QED) is 0.512. The fraction of sp³-hybridized carbons (Fsp3) is 0.500. The molecule has 0 saturated carbocycles. The van der Waals surface area contributed by atoms with Gasteiger partial charge < -0.3 is 4.57 Å². The summed E-state index contributed by atoms with van der Waals surface area (Å²) >= 11 is 2.52. The predicted octanol–water partition coefficient (Wildman–Crippen LogP) is 5.21. The Labute approximate surface area is 124 Å². The monoisotopic (exact) mass is 355 g/mol. The summed E-state index contributed by atoms with van der Waals surface area (Å²) in [5.74, 6) is 0. The van der Waals surface area contributed by atoms with Gasteiger partial charge in [0.05, 0.1) is 0 Å². The van der Waals surface area contributed by atoms with E-state index >= 15 is 0 Å². The number of rotatable bonds is 5. The van der Waals surface area contributed by atoms with Crippen molar-refractivity contribution in [3.8, 4) is 0 Å². The maximum atomic E-state index is 2.52. The molecule has 0 N–H and O–H groups in total. The second-order valence-electron chi connectivity index (χ2n) is 5.15. The molecule has 0 radical (unpaired) electrons. The molecule has 0 aliphatic heterocycles. The van der Waals surface area contributed by atoms with Gasteiger partial charge in [0.1, 0.15) is 0 Å². The molecule has 0 saturated heterocycles. The van der Waals surface area contributed by atoms with Gasteiger partial charge in [-0.05, 0) is 54.5 Å². The molecule has 2 rings (SSSR count). The molecule has 98 valence electrons. The second-order valence-corrected chi connectivity index (χ2v) is 6.23. The van der Waals surface area contributed by atoms with Crippen LogP contribution in [0.15, 0.2) is 18.2 Å². The summed E-state index contributed by atoms with van der Waals surface area (Å²) in [6.45, 7) is 4.44. The Morgan fingerprint density at radius 1 is 1.17 bits per heavy atom. The van der Waals surface area contributed by atoms with E-state index < -0.39 is 0 Å². The minimum Gasteiger partial charge on any atom is -0.347 e. The Bertz CT molecular complexity index is 540. The number of fused-ring (bicyclic) bond motifs is 1. The standard InChI is InChI=1S/C16H22IN/c1-4-5-6-7-8-15-16(17)13-11-12(2)9-10-14(13)18(15)3/h9-11H,4-8H2,1-3H3. The maximum absolute atomic E-state index is 2.52. The number of halogens is 1. The first kappa shape index (κ1) is 13.9. The Morgan fingerprint density at radius 2 is 1.94 bits per heavy atom. The highest BCUT2D eigenvalue weighted by Crippen LogP contribution is 2.28. The van der Waals surface area contributed by atoms with Gasteiger partial charge in [0.2, 0.25) is 0 Å². The predicted molar refractivity (Wildman–Crippen MR) is 88.2 cm³/mol. The van der Waals surface area contributed by atoms with Crippen molar-refractivity contribution in [2.75, 3.05) is 0 Å². The van der Waals surface area contributed by atoms with E-state index in [0.29, 0.717) is 0 Å². The summed E-state index contributed by atoms with van der Waals surface area (Å²) < 4.78 is 3.83. The van der Waals surface area contributed by atoms with Crippen LogP contribution in [0.5, 0.6) is 0 Å². The van der Waals surface area contributed by atoms with Crippen molar-refractivity contribution >= 4 is 33.5 Å². The van der Waals surface area contributed by atoms with Crippen LogP contribution in [0.3, 0.4) is 0 Å². The van der Waals surface area contributed by atoms with Crippen molar-refractivity contribution in [1.82, 2.24) is 4.57 Å². The third-order valence-electron chi connectivity index (χ3n) is 3.68. The lowest BCUT2D eigenvalue weighted by Gasteiger charge is -2.05. The Hall–Kier alpha value is -0.510. The molecule has 2 aromatic rings. The van der Waals surface area contributed by atoms with E-state index in [1.807, 2.05) is 0 Å². The molecule has 0 unspecified atom stereocenters. The van der Waals surface area contributed by atoms with Gasteiger partial charge in [-0.25, -0.2) is 0 Å². The summed E-state index contributed by atoms with van der Waals surface area (Å²) in [6, 6.07) is 6.77. The van der Waals surface area contributed by atoms with Crippen LogP contribution >= 0.6 is 22.6 Å². The van der Waals surface area contributed by atoms with Gasteiger partial charge in [0.25, 0.3) is 0 Å². The summed E-state index contributed by atoms with van der Waals surface area (Å²) in [6.07, 6.45) is 6.55. The molecule has 0 amide bonds. The molecular formula is C16H22IN. The fourth-order valence-electron chi connectivity index (χ4n) is 2.56. The van der Waals surface area contributed by atoms with Crippen molar-refractivity contribution in [1.29, 1.82) is 0 Å². The van der Waals surface area contributed by atoms with E-state index in [2.05, 4.69) is 66.3 Å². The van der Waals surface area contributed by atoms with Crippen LogP contribution in [0.1, 0.15) is 43.9 Å². The Kier molecular flexibility index (Phi) is 4.71. The van der Waals surface area contributed by atoms with E-state index in [1.165, 1.54) is 57.8 Å². The summed E-state index contributed by atoms with van der Waals surface area (Å²) in [5.41, 5.74) is 4.23. The first-order valence-electron chi connectivity index (χ1n) is 6.88. The van der Waals surface area contributed by atoms with Crippen LogP contribution in [-0.2, 0) is 13.5 Å². The third kappa shape index (κ3) is 2.73. The highest BCUT2D eigenvalue weighted by Gasteiger charge is 2.12. The first-order valence-corrected chi connectivity index (χ1v) is 7.96. The number of nitrogens with zero attached hydrogens (tertiary/aromatic N) is 1. The largest absolute Gasteiger partial charge is 0.347 e. The fourth-order valence-corrected chi connectivity index (χ4v) is 3.63. The zero-order valence-electron chi connectivity index (χ0n) is 11.6. The lowest BCUT2D eigenvalue weighted by Crippen LogP contribution is -1.97. The van der Waals surface area contributed by atoms with Crippen molar-refractivity contribution in [2.45, 2.75) is 46.0 Å². The smallest absolute Gasteiger partial charge is 0.0491 e. The van der Waals surface area contributed by atoms with Crippen LogP contribution in [-0.4, -0.2) is 4.57 Å². The molecule has 0 bridgehead atoms. The van der Waals surface area contributed by atoms with Crippen LogP contribution in [0.2, 0.25) is 0 Å². The average molecular weight is 355 g/mol. The van der Waals surface area contributed by atoms with E-state index in [1.54, 1.807) is 0 Å². The van der Waals surface area contributed by atoms with Crippen LogP contribution < -0.4 is 0 Å². The van der Waals surface area contributed by atoms with Crippen LogP contribution in [0.25, 0.3) is 10.9 Å². The SMILES string of the molecule is CCCCCCc1c(I)c2cc(C)ccc2n1C. The molecular weight excluding hydrogens is 333 g/mol. The molecule has 0 aliphatic rings. The highest BCUT2D eigenvalue weighted by molar-refractivity contribution is 14.1. The van der Waals surface area contributed by atoms with Gasteiger partial charge in [-0.15, -0.1) is 0 Å². The first-order chi connectivity index (χ1) is 8.65. The average Bonchev–Trinajstić information content (AvgIpc) is 2.59. The van der Waals surface area contributed by atoms with Gasteiger partial charge in [0.15, 0.2) is 0 Å². The summed E-state index contributed by atoms with van der Waals surface area (Å²) in [5, 5.41) is 1.42. The molecule has 1 nitrogen and oxygen atoms in total. The minimum atomic E-state index is 1.21. The van der Waals surface area contributed by atoms with E-state index in [-0.39, 0.29) is 0 Å². The zero-order chi connectivity index (χ0) is 13.1. The van der Waals surface area contributed by atoms with E-state index in [0.717, 1.165) is 0 Å². The van der Waals surface area contributed by atoms with Gasteiger partial charge >= 0.3 is 0 Å². The Morgan fingerprint density at radius 3 is 2.67 bits per heavy atom. The molecule has 0 atom stereocenters. The molecule has 0 spiro atoms. The number of unbranched alkanes of at least 4 members (excludes halogenated alkanes) is 3. The zero-order valence-corrected chi connectivity index (χ0v) is 13.8. The maximum Gasteiger partial charge on any atom is 0.0491 e. The van der Waals surface area contributed by atoms with E-state index in [4.69, 9.17) is 0 Å². The number of aromatic nitrogens is 1.